The molecule has 0 saturated carbocycles. The van der Waals surface area contributed by atoms with Crippen LogP contribution in [0.5, 0.6) is 5.75 Å². The fourth-order valence-corrected chi connectivity index (χ4v) is 2.84. The summed E-state index contributed by atoms with van der Waals surface area (Å²) in [5, 5.41) is 1.23. The normalized spacial score (nSPS) is 11.0. The molecule has 0 fully saturated rings. The molecule has 0 atom stereocenters. The fraction of sp³-hybridized carbons (Fsp3) is 0.263. The molecule has 2 nitrogen and oxygen atoms in total. The minimum atomic E-state index is 0.703. The van der Waals surface area contributed by atoms with Gasteiger partial charge in [0, 0.05) is 23.6 Å². The molecule has 3 rings (SSSR count). The van der Waals surface area contributed by atoms with E-state index in [2.05, 4.69) is 61.0 Å². The number of aryl methyl sites for hydroxylation is 2. The Morgan fingerprint density at radius 2 is 1.76 bits per heavy atom. The number of hydrogen-bond acceptors (Lipinski definition) is 1. The Morgan fingerprint density at radius 1 is 1.00 bits per heavy atom. The summed E-state index contributed by atoms with van der Waals surface area (Å²) in [6.45, 7) is 7.99. The summed E-state index contributed by atoms with van der Waals surface area (Å²) in [5.74, 6) is 0.940. The Hall–Kier alpha value is -2.22. The predicted octanol–water partition coefficient (Wildman–Crippen LogP) is 4.71. The van der Waals surface area contributed by atoms with Crippen LogP contribution < -0.4 is 4.74 Å². The third kappa shape index (κ3) is 2.66. The van der Waals surface area contributed by atoms with Crippen molar-refractivity contribution in [3.8, 4) is 5.75 Å². The van der Waals surface area contributed by atoms with Gasteiger partial charge in [0.1, 0.15) is 5.75 Å². The van der Waals surface area contributed by atoms with Gasteiger partial charge in [-0.2, -0.15) is 0 Å². The number of ether oxygens (including phenoxy) is 1. The molecule has 1 aromatic heterocycles. The number of benzene rings is 2. The molecule has 0 aliphatic carbocycles. The van der Waals surface area contributed by atoms with Gasteiger partial charge in [-0.1, -0.05) is 18.2 Å². The van der Waals surface area contributed by atoms with E-state index in [1.54, 1.807) is 0 Å². The van der Waals surface area contributed by atoms with Crippen LogP contribution >= 0.6 is 0 Å². The van der Waals surface area contributed by atoms with Gasteiger partial charge in [-0.25, -0.2) is 0 Å². The maximum absolute atomic E-state index is 5.57. The quantitative estimate of drug-likeness (QED) is 0.675. The van der Waals surface area contributed by atoms with Crippen molar-refractivity contribution in [3.05, 3.63) is 65.4 Å². The smallest absolute Gasteiger partial charge is 0.120 e. The number of aromatic nitrogens is 1. The molecule has 0 amide bonds. The first-order valence-electron chi connectivity index (χ1n) is 7.46. The molecular formula is C19H21NO. The van der Waals surface area contributed by atoms with Crippen LogP contribution in [0.15, 0.2) is 48.7 Å². The molecule has 0 aliphatic rings. The van der Waals surface area contributed by atoms with Crippen molar-refractivity contribution in [1.29, 1.82) is 0 Å². The van der Waals surface area contributed by atoms with Gasteiger partial charge in [0.05, 0.1) is 6.61 Å². The summed E-state index contributed by atoms with van der Waals surface area (Å²) in [5.41, 5.74) is 5.36. The molecule has 2 heteroatoms. The highest BCUT2D eigenvalue weighted by Crippen LogP contribution is 2.24. The molecule has 0 unspecified atom stereocenters. The summed E-state index contributed by atoms with van der Waals surface area (Å²) < 4.78 is 7.88. The third-order valence-electron chi connectivity index (χ3n) is 4.03. The second kappa shape index (κ2) is 5.65. The third-order valence-corrected chi connectivity index (χ3v) is 4.03. The molecular weight excluding hydrogens is 258 g/mol. The monoisotopic (exact) mass is 279 g/mol. The lowest BCUT2D eigenvalue weighted by Gasteiger charge is -2.12. The standard InChI is InChI=1S/C19H21NO/c1-4-21-17-8-9-19-16(12-17)10-11-20(19)13-18-14(2)6-5-7-15(18)3/h5-12H,4,13H2,1-3H3. The van der Waals surface area contributed by atoms with Gasteiger partial charge in [-0.15, -0.1) is 0 Å². The zero-order valence-corrected chi connectivity index (χ0v) is 12.9. The molecule has 3 aromatic rings. The molecule has 2 aromatic carbocycles. The Kier molecular flexibility index (Phi) is 3.70. The Bertz CT molecular complexity index is 750. The number of nitrogens with zero attached hydrogens (tertiary/aromatic N) is 1. The highest BCUT2D eigenvalue weighted by Gasteiger charge is 2.07. The maximum atomic E-state index is 5.57. The van der Waals surface area contributed by atoms with Crippen LogP contribution in [0.1, 0.15) is 23.6 Å². The van der Waals surface area contributed by atoms with Crippen molar-refractivity contribution in [1.82, 2.24) is 4.57 Å². The molecule has 108 valence electrons. The van der Waals surface area contributed by atoms with E-state index in [-0.39, 0.29) is 0 Å². The van der Waals surface area contributed by atoms with Crippen LogP contribution in [0.3, 0.4) is 0 Å². The average Bonchev–Trinajstić information content (AvgIpc) is 2.86. The molecule has 1 heterocycles. The largest absolute Gasteiger partial charge is 0.494 e. The van der Waals surface area contributed by atoms with E-state index in [9.17, 15) is 0 Å². The van der Waals surface area contributed by atoms with Crippen LogP contribution in [0, 0.1) is 13.8 Å². The van der Waals surface area contributed by atoms with Crippen molar-refractivity contribution < 1.29 is 4.74 Å². The topological polar surface area (TPSA) is 14.2 Å². The molecule has 0 aliphatic heterocycles. The highest BCUT2D eigenvalue weighted by atomic mass is 16.5. The predicted molar refractivity (Wildman–Crippen MR) is 88.1 cm³/mol. The lowest BCUT2D eigenvalue weighted by atomic mass is 10.0. The maximum Gasteiger partial charge on any atom is 0.120 e. The minimum absolute atomic E-state index is 0.703. The van der Waals surface area contributed by atoms with E-state index < -0.39 is 0 Å². The second-order valence-electron chi connectivity index (χ2n) is 5.47. The Labute approximate surface area is 126 Å². The van der Waals surface area contributed by atoms with Crippen molar-refractivity contribution in [2.75, 3.05) is 6.61 Å². The van der Waals surface area contributed by atoms with Crippen LogP contribution in [-0.2, 0) is 6.54 Å². The van der Waals surface area contributed by atoms with E-state index in [4.69, 9.17) is 4.74 Å². The number of hydrogen-bond donors (Lipinski definition) is 0. The number of rotatable bonds is 4. The van der Waals surface area contributed by atoms with E-state index in [1.165, 1.54) is 27.6 Å². The number of fused-ring (bicyclic) bond motifs is 1. The van der Waals surface area contributed by atoms with Crippen LogP contribution in [0.4, 0.5) is 0 Å². The first kappa shape index (κ1) is 13.7. The Morgan fingerprint density at radius 3 is 2.48 bits per heavy atom. The SMILES string of the molecule is CCOc1ccc2c(ccn2Cc2c(C)cccc2C)c1. The molecule has 0 N–H and O–H groups in total. The second-order valence-corrected chi connectivity index (χ2v) is 5.47. The summed E-state index contributed by atoms with van der Waals surface area (Å²) in [6.07, 6.45) is 2.16. The minimum Gasteiger partial charge on any atom is -0.494 e. The van der Waals surface area contributed by atoms with E-state index in [0.717, 1.165) is 12.3 Å². The fourth-order valence-electron chi connectivity index (χ4n) is 2.84. The first-order valence-corrected chi connectivity index (χ1v) is 7.46. The van der Waals surface area contributed by atoms with Crippen molar-refractivity contribution >= 4 is 10.9 Å². The van der Waals surface area contributed by atoms with Crippen molar-refractivity contribution in [2.45, 2.75) is 27.3 Å². The molecule has 21 heavy (non-hydrogen) atoms. The zero-order valence-electron chi connectivity index (χ0n) is 12.9. The summed E-state index contributed by atoms with van der Waals surface area (Å²) >= 11 is 0. The molecule has 0 spiro atoms. The van der Waals surface area contributed by atoms with Crippen molar-refractivity contribution in [3.63, 3.8) is 0 Å². The van der Waals surface area contributed by atoms with Gasteiger partial charge in [0.25, 0.3) is 0 Å². The average molecular weight is 279 g/mol. The van der Waals surface area contributed by atoms with Gasteiger partial charge in [-0.05, 0) is 61.7 Å². The van der Waals surface area contributed by atoms with E-state index in [1.807, 2.05) is 13.0 Å². The Balaban J connectivity index is 1.98. The zero-order chi connectivity index (χ0) is 14.8. The van der Waals surface area contributed by atoms with E-state index in [0.29, 0.717) is 6.61 Å². The van der Waals surface area contributed by atoms with Crippen LogP contribution in [0.2, 0.25) is 0 Å². The van der Waals surface area contributed by atoms with Gasteiger partial charge in [0.2, 0.25) is 0 Å². The lowest BCUT2D eigenvalue weighted by molar-refractivity contribution is 0.340. The van der Waals surface area contributed by atoms with Crippen molar-refractivity contribution in [2.24, 2.45) is 0 Å². The van der Waals surface area contributed by atoms with Crippen LogP contribution in [0.25, 0.3) is 10.9 Å². The van der Waals surface area contributed by atoms with E-state index >= 15 is 0 Å². The lowest BCUT2D eigenvalue weighted by Crippen LogP contribution is -2.02. The first-order chi connectivity index (χ1) is 10.2. The highest BCUT2D eigenvalue weighted by molar-refractivity contribution is 5.81. The molecule has 0 radical (unpaired) electrons. The molecule has 0 bridgehead atoms. The summed E-state index contributed by atoms with van der Waals surface area (Å²) in [4.78, 5) is 0. The molecule has 0 saturated heterocycles. The van der Waals surface area contributed by atoms with Gasteiger partial charge >= 0.3 is 0 Å². The van der Waals surface area contributed by atoms with Gasteiger partial charge < -0.3 is 9.30 Å². The van der Waals surface area contributed by atoms with Gasteiger partial charge in [0.15, 0.2) is 0 Å². The van der Waals surface area contributed by atoms with Crippen LogP contribution in [-0.4, -0.2) is 11.2 Å². The summed E-state index contributed by atoms with van der Waals surface area (Å²) in [6, 6.07) is 14.9. The summed E-state index contributed by atoms with van der Waals surface area (Å²) in [7, 11) is 0. The van der Waals surface area contributed by atoms with Gasteiger partial charge in [-0.3, -0.25) is 0 Å².